The molecule has 23 heavy (non-hydrogen) atoms. The van der Waals surface area contributed by atoms with Gasteiger partial charge in [-0.3, -0.25) is 4.79 Å². The number of para-hydroxylation sites is 1. The lowest BCUT2D eigenvalue weighted by atomic mass is 9.78. The van der Waals surface area contributed by atoms with Crippen LogP contribution >= 0.6 is 11.3 Å². The van der Waals surface area contributed by atoms with Crippen LogP contribution in [-0.2, 0) is 16.0 Å². The second kappa shape index (κ2) is 7.38. The van der Waals surface area contributed by atoms with Crippen molar-refractivity contribution in [3.05, 3.63) is 29.3 Å². The quantitative estimate of drug-likeness (QED) is 0.848. The number of rotatable bonds is 6. The second-order valence-corrected chi connectivity index (χ2v) is 7.16. The summed E-state index contributed by atoms with van der Waals surface area (Å²) in [7, 11) is 1.66. The molecule has 2 N–H and O–H groups in total. The van der Waals surface area contributed by atoms with Crippen LogP contribution in [-0.4, -0.2) is 44.2 Å². The van der Waals surface area contributed by atoms with Crippen molar-refractivity contribution in [2.75, 3.05) is 33.4 Å². The topological polar surface area (TPSA) is 63.2 Å². The van der Waals surface area contributed by atoms with E-state index < -0.39 is 0 Å². The number of piperidine rings is 1. The fourth-order valence-corrected chi connectivity index (χ4v) is 4.08. The lowest BCUT2D eigenvalue weighted by Gasteiger charge is -2.35. The molecular weight excluding hydrogens is 310 g/mol. The molecule has 1 aromatic heterocycles. The van der Waals surface area contributed by atoms with Crippen molar-refractivity contribution in [3.8, 4) is 0 Å². The molecule has 124 valence electrons. The lowest BCUT2D eigenvalue weighted by molar-refractivity contribution is -0.136. The van der Waals surface area contributed by atoms with Crippen molar-refractivity contribution in [2.45, 2.75) is 19.3 Å². The van der Waals surface area contributed by atoms with Gasteiger partial charge in [-0.05, 0) is 38.1 Å². The Morgan fingerprint density at radius 2 is 2.17 bits per heavy atom. The summed E-state index contributed by atoms with van der Waals surface area (Å²) in [6, 6.07) is 8.13. The highest BCUT2D eigenvalue weighted by Gasteiger charge is 2.39. The minimum atomic E-state index is -0.381. The van der Waals surface area contributed by atoms with E-state index in [2.05, 4.69) is 21.7 Å². The highest BCUT2D eigenvalue weighted by atomic mass is 32.1. The Balaban J connectivity index is 1.57. The number of fused-ring (bicyclic) bond motifs is 1. The number of carbonyl (C=O) groups is 1. The number of nitrogens with one attached hydrogen (secondary N) is 2. The molecule has 0 radical (unpaired) electrons. The van der Waals surface area contributed by atoms with Gasteiger partial charge in [-0.25, -0.2) is 4.98 Å². The smallest absolute Gasteiger partial charge is 0.228 e. The van der Waals surface area contributed by atoms with Gasteiger partial charge in [-0.15, -0.1) is 11.3 Å². The fourth-order valence-electron chi connectivity index (χ4n) is 3.12. The molecule has 0 aliphatic carbocycles. The Labute approximate surface area is 140 Å². The van der Waals surface area contributed by atoms with Gasteiger partial charge in [0.2, 0.25) is 5.91 Å². The minimum Gasteiger partial charge on any atom is -0.384 e. The first kappa shape index (κ1) is 16.4. The molecule has 1 aromatic carbocycles. The summed E-state index contributed by atoms with van der Waals surface area (Å²) in [6.07, 6.45) is 2.42. The number of amides is 1. The van der Waals surface area contributed by atoms with Gasteiger partial charge in [0.1, 0.15) is 0 Å². The van der Waals surface area contributed by atoms with Gasteiger partial charge < -0.3 is 15.4 Å². The van der Waals surface area contributed by atoms with Crippen LogP contribution in [0.2, 0.25) is 0 Å². The van der Waals surface area contributed by atoms with Crippen molar-refractivity contribution in [1.82, 2.24) is 15.6 Å². The number of benzene rings is 1. The predicted octanol–water partition coefficient (Wildman–Crippen LogP) is 1.97. The van der Waals surface area contributed by atoms with Crippen molar-refractivity contribution in [3.63, 3.8) is 0 Å². The molecule has 0 atom stereocenters. The third-order valence-electron chi connectivity index (χ3n) is 4.43. The Bertz CT molecular complexity index is 626. The summed E-state index contributed by atoms with van der Waals surface area (Å²) < 4.78 is 6.51. The number of ether oxygens (including phenoxy) is 1. The Kier molecular flexibility index (Phi) is 5.25. The standard InChI is InChI=1S/C17H23N3O2S/c1-22-12-17(7-10-18-11-8-17)16(21)19-9-6-15-20-13-4-2-3-5-14(13)23-15/h2-5,18H,6-12H2,1H3,(H,19,21). The van der Waals surface area contributed by atoms with E-state index in [1.54, 1.807) is 18.4 Å². The Morgan fingerprint density at radius 3 is 2.91 bits per heavy atom. The number of thiazole rings is 1. The van der Waals surface area contributed by atoms with E-state index in [4.69, 9.17) is 4.74 Å². The lowest BCUT2D eigenvalue weighted by Crippen LogP contribution is -2.50. The number of methoxy groups -OCH3 is 1. The molecule has 3 rings (SSSR count). The van der Waals surface area contributed by atoms with Crippen molar-refractivity contribution >= 4 is 27.5 Å². The van der Waals surface area contributed by atoms with Crippen molar-refractivity contribution in [2.24, 2.45) is 5.41 Å². The van der Waals surface area contributed by atoms with E-state index in [1.807, 2.05) is 18.2 Å². The van der Waals surface area contributed by atoms with Gasteiger partial charge in [0, 0.05) is 20.1 Å². The predicted molar refractivity (Wildman–Crippen MR) is 92.7 cm³/mol. The molecule has 1 amide bonds. The highest BCUT2D eigenvalue weighted by Crippen LogP contribution is 2.29. The summed E-state index contributed by atoms with van der Waals surface area (Å²) in [5, 5.41) is 7.46. The molecule has 1 aliphatic rings. The number of nitrogens with zero attached hydrogens (tertiary/aromatic N) is 1. The number of hydrogen-bond acceptors (Lipinski definition) is 5. The first-order valence-corrected chi connectivity index (χ1v) is 8.88. The molecule has 1 fully saturated rings. The van der Waals surface area contributed by atoms with Crippen molar-refractivity contribution < 1.29 is 9.53 Å². The van der Waals surface area contributed by atoms with E-state index >= 15 is 0 Å². The number of hydrogen-bond donors (Lipinski definition) is 2. The third-order valence-corrected chi connectivity index (χ3v) is 5.52. The maximum Gasteiger partial charge on any atom is 0.228 e. The number of aromatic nitrogens is 1. The average Bonchev–Trinajstić information content (AvgIpc) is 2.98. The molecule has 0 spiro atoms. The summed E-state index contributed by atoms with van der Waals surface area (Å²) >= 11 is 1.70. The van der Waals surface area contributed by atoms with Crippen LogP contribution in [0.3, 0.4) is 0 Å². The van der Waals surface area contributed by atoms with Gasteiger partial charge in [0.25, 0.3) is 0 Å². The normalized spacial score (nSPS) is 17.3. The van der Waals surface area contributed by atoms with E-state index in [9.17, 15) is 4.79 Å². The van der Waals surface area contributed by atoms with Crippen molar-refractivity contribution in [1.29, 1.82) is 0 Å². The van der Waals surface area contributed by atoms with Crippen LogP contribution in [0.4, 0.5) is 0 Å². The molecule has 0 saturated carbocycles. The summed E-state index contributed by atoms with van der Waals surface area (Å²) in [4.78, 5) is 17.2. The summed E-state index contributed by atoms with van der Waals surface area (Å²) in [5.74, 6) is 0.113. The van der Waals surface area contributed by atoms with Gasteiger partial charge in [-0.1, -0.05) is 12.1 Å². The zero-order chi connectivity index (χ0) is 16.1. The van der Waals surface area contributed by atoms with E-state index in [1.165, 1.54) is 4.70 Å². The van der Waals surface area contributed by atoms with Gasteiger partial charge in [0.15, 0.2) is 0 Å². The van der Waals surface area contributed by atoms with E-state index in [0.717, 1.165) is 42.9 Å². The van der Waals surface area contributed by atoms with E-state index in [-0.39, 0.29) is 11.3 Å². The Hall–Kier alpha value is -1.50. The Morgan fingerprint density at radius 1 is 1.39 bits per heavy atom. The zero-order valence-corrected chi connectivity index (χ0v) is 14.2. The van der Waals surface area contributed by atoms with Gasteiger partial charge in [-0.2, -0.15) is 0 Å². The SMILES string of the molecule is COCC1(C(=O)NCCc2nc3ccccc3s2)CCNCC1. The summed E-state index contributed by atoms with van der Waals surface area (Å²) in [6.45, 7) is 2.85. The molecular formula is C17H23N3O2S. The fraction of sp³-hybridized carbons (Fsp3) is 0.529. The average molecular weight is 333 g/mol. The first-order valence-electron chi connectivity index (χ1n) is 8.06. The molecule has 0 unspecified atom stereocenters. The van der Waals surface area contributed by atoms with Crippen LogP contribution in [0.1, 0.15) is 17.8 Å². The second-order valence-electron chi connectivity index (χ2n) is 6.04. The first-order chi connectivity index (χ1) is 11.2. The maximum absolute atomic E-state index is 12.6. The molecule has 6 heteroatoms. The molecule has 1 saturated heterocycles. The largest absolute Gasteiger partial charge is 0.384 e. The van der Waals surface area contributed by atoms with Crippen LogP contribution in [0, 0.1) is 5.41 Å². The monoisotopic (exact) mass is 333 g/mol. The van der Waals surface area contributed by atoms with Gasteiger partial charge >= 0.3 is 0 Å². The molecule has 0 bridgehead atoms. The van der Waals surface area contributed by atoms with Crippen LogP contribution < -0.4 is 10.6 Å². The van der Waals surface area contributed by atoms with Gasteiger partial charge in [0.05, 0.1) is 27.2 Å². The zero-order valence-electron chi connectivity index (χ0n) is 13.4. The van der Waals surface area contributed by atoms with Crippen LogP contribution in [0.15, 0.2) is 24.3 Å². The summed E-state index contributed by atoms with van der Waals surface area (Å²) in [5.41, 5.74) is 0.654. The molecule has 2 heterocycles. The maximum atomic E-state index is 12.6. The molecule has 2 aromatic rings. The molecule has 1 aliphatic heterocycles. The minimum absolute atomic E-state index is 0.113. The highest BCUT2D eigenvalue weighted by molar-refractivity contribution is 7.18. The third kappa shape index (κ3) is 3.71. The van der Waals surface area contributed by atoms with Crippen LogP contribution in [0.25, 0.3) is 10.2 Å². The molecule has 5 nitrogen and oxygen atoms in total. The van der Waals surface area contributed by atoms with E-state index in [0.29, 0.717) is 13.2 Å². The number of carbonyl (C=O) groups excluding carboxylic acids is 1. The van der Waals surface area contributed by atoms with Crippen LogP contribution in [0.5, 0.6) is 0 Å².